The Hall–Kier alpha value is -2.33. The van der Waals surface area contributed by atoms with E-state index in [2.05, 4.69) is 5.32 Å². The molecule has 2 aromatic rings. The van der Waals surface area contributed by atoms with Crippen LogP contribution in [0.3, 0.4) is 0 Å². The Kier molecular flexibility index (Phi) is 5.33. The van der Waals surface area contributed by atoms with Gasteiger partial charge in [-0.1, -0.05) is 25.1 Å². The van der Waals surface area contributed by atoms with Crippen LogP contribution in [-0.2, 0) is 11.2 Å². The molecule has 2 heterocycles. The molecule has 0 aliphatic carbocycles. The van der Waals surface area contributed by atoms with Gasteiger partial charge in [0.15, 0.2) is 0 Å². The molecule has 5 heteroatoms. The molecule has 0 aromatic heterocycles. The normalized spacial score (nSPS) is 15.9. The van der Waals surface area contributed by atoms with E-state index >= 15 is 0 Å². The van der Waals surface area contributed by atoms with Crippen LogP contribution in [-0.4, -0.2) is 29.8 Å². The number of rotatable bonds is 2. The molecular weight excluding hydrogens is 348 g/mol. The van der Waals surface area contributed by atoms with Gasteiger partial charge in [0.2, 0.25) is 5.91 Å². The van der Waals surface area contributed by atoms with Crippen molar-refractivity contribution in [1.29, 1.82) is 0 Å². The zero-order chi connectivity index (χ0) is 17.4. The minimum Gasteiger partial charge on any atom is -0.339 e. The fraction of sp³-hybridized carbons (Fsp3) is 0.333. The van der Waals surface area contributed by atoms with Gasteiger partial charge in [0, 0.05) is 34.9 Å². The number of hydrogen-bond donors (Lipinski definition) is 1. The van der Waals surface area contributed by atoms with Gasteiger partial charge in [-0.25, -0.2) is 0 Å². The number of amides is 2. The molecule has 0 radical (unpaired) electrons. The van der Waals surface area contributed by atoms with Crippen molar-refractivity contribution in [3.63, 3.8) is 0 Å². The van der Waals surface area contributed by atoms with E-state index in [1.54, 1.807) is 12.1 Å². The number of fused-ring (bicyclic) bond motifs is 1. The fourth-order valence-electron chi connectivity index (χ4n) is 3.56. The number of piperidine rings is 1. The van der Waals surface area contributed by atoms with Crippen molar-refractivity contribution in [2.75, 3.05) is 18.4 Å². The van der Waals surface area contributed by atoms with Crippen molar-refractivity contribution in [2.45, 2.75) is 33.1 Å². The molecule has 0 saturated carbocycles. The molecule has 0 unspecified atom stereocenters. The predicted octanol–water partition coefficient (Wildman–Crippen LogP) is 4.76. The maximum absolute atomic E-state index is 12.8. The first-order chi connectivity index (χ1) is 12.1. The summed E-state index contributed by atoms with van der Waals surface area (Å²) in [6.45, 7) is 1.65. The standard InChI is InChI=1S/C20H19ClN2O2.CH4/c21-17-6-4-14(20(25)23-8-2-1-3-9-23)11-16(17)13-5-7-18-15(10-13)12-19(24)22-18;/h4-7,10-11H,1-3,8-9,12H2,(H,22,24);1H4. The van der Waals surface area contributed by atoms with Crippen molar-refractivity contribution < 1.29 is 9.59 Å². The zero-order valence-electron chi connectivity index (χ0n) is 13.8. The summed E-state index contributed by atoms with van der Waals surface area (Å²) in [5.74, 6) is 0.0721. The van der Waals surface area contributed by atoms with Crippen molar-refractivity contribution in [3.8, 4) is 11.1 Å². The maximum Gasteiger partial charge on any atom is 0.253 e. The Morgan fingerprint density at radius 3 is 2.58 bits per heavy atom. The number of anilines is 1. The van der Waals surface area contributed by atoms with E-state index in [0.717, 1.165) is 48.3 Å². The summed E-state index contributed by atoms with van der Waals surface area (Å²) in [5.41, 5.74) is 4.23. The Bertz CT molecular complexity index is 857. The molecule has 2 aliphatic heterocycles. The van der Waals surface area contributed by atoms with Crippen LogP contribution in [0.2, 0.25) is 5.02 Å². The van der Waals surface area contributed by atoms with E-state index in [9.17, 15) is 9.59 Å². The lowest BCUT2D eigenvalue weighted by molar-refractivity contribution is -0.115. The van der Waals surface area contributed by atoms with Gasteiger partial charge in [0.25, 0.3) is 5.91 Å². The molecule has 1 N–H and O–H groups in total. The summed E-state index contributed by atoms with van der Waals surface area (Å²) in [4.78, 5) is 26.2. The topological polar surface area (TPSA) is 49.4 Å². The molecule has 0 atom stereocenters. The quantitative estimate of drug-likeness (QED) is 0.828. The number of hydrogen-bond acceptors (Lipinski definition) is 2. The summed E-state index contributed by atoms with van der Waals surface area (Å²) in [5, 5.41) is 3.43. The molecule has 136 valence electrons. The SMILES string of the molecule is C.O=C1Cc2cc(-c3cc(C(=O)N4CCCCC4)ccc3Cl)ccc2N1. The summed E-state index contributed by atoms with van der Waals surface area (Å²) < 4.78 is 0. The summed E-state index contributed by atoms with van der Waals surface area (Å²) in [7, 11) is 0. The molecule has 2 aliphatic rings. The summed E-state index contributed by atoms with van der Waals surface area (Å²) in [6.07, 6.45) is 3.71. The highest BCUT2D eigenvalue weighted by atomic mass is 35.5. The first-order valence-corrected chi connectivity index (χ1v) is 9.01. The molecule has 0 spiro atoms. The van der Waals surface area contributed by atoms with Gasteiger partial charge in [0.1, 0.15) is 0 Å². The largest absolute Gasteiger partial charge is 0.339 e. The van der Waals surface area contributed by atoms with Crippen molar-refractivity contribution >= 4 is 29.1 Å². The molecule has 1 saturated heterocycles. The van der Waals surface area contributed by atoms with Crippen LogP contribution < -0.4 is 5.32 Å². The molecule has 2 aromatic carbocycles. The Balaban J connectivity index is 0.00000196. The van der Waals surface area contributed by atoms with E-state index < -0.39 is 0 Å². The minimum atomic E-state index is 0. The number of carbonyl (C=O) groups excluding carboxylic acids is 2. The van der Waals surface area contributed by atoms with E-state index in [0.29, 0.717) is 17.0 Å². The molecular formula is C21H23ClN2O2. The molecule has 2 amide bonds. The molecule has 4 rings (SSSR count). The number of likely N-dealkylation sites (tertiary alicyclic amines) is 1. The van der Waals surface area contributed by atoms with Gasteiger partial charge in [-0.15, -0.1) is 0 Å². The first-order valence-electron chi connectivity index (χ1n) is 8.64. The van der Waals surface area contributed by atoms with E-state index in [1.165, 1.54) is 6.42 Å². The van der Waals surface area contributed by atoms with Crippen LogP contribution in [0.25, 0.3) is 11.1 Å². The summed E-state index contributed by atoms with van der Waals surface area (Å²) in [6, 6.07) is 11.2. The number of nitrogens with zero attached hydrogens (tertiary/aromatic N) is 1. The molecule has 4 nitrogen and oxygen atoms in total. The second-order valence-electron chi connectivity index (χ2n) is 6.64. The van der Waals surface area contributed by atoms with Gasteiger partial charge in [-0.3, -0.25) is 9.59 Å². The Morgan fingerprint density at radius 2 is 1.81 bits per heavy atom. The Labute approximate surface area is 159 Å². The highest BCUT2D eigenvalue weighted by Crippen LogP contribution is 2.33. The third-order valence-corrected chi connectivity index (χ3v) is 5.23. The van der Waals surface area contributed by atoms with Crippen LogP contribution in [0.15, 0.2) is 36.4 Å². The first kappa shape index (κ1) is 18.5. The highest BCUT2D eigenvalue weighted by Gasteiger charge is 2.21. The lowest BCUT2D eigenvalue weighted by Crippen LogP contribution is -2.35. The van der Waals surface area contributed by atoms with E-state index in [4.69, 9.17) is 11.6 Å². The fourth-order valence-corrected chi connectivity index (χ4v) is 3.78. The van der Waals surface area contributed by atoms with Crippen LogP contribution in [0, 0.1) is 0 Å². The monoisotopic (exact) mass is 370 g/mol. The van der Waals surface area contributed by atoms with E-state index in [1.807, 2.05) is 29.2 Å². The van der Waals surface area contributed by atoms with Gasteiger partial charge in [0.05, 0.1) is 6.42 Å². The third kappa shape index (κ3) is 3.47. The lowest BCUT2D eigenvalue weighted by Gasteiger charge is -2.27. The predicted molar refractivity (Wildman–Crippen MR) is 106 cm³/mol. The van der Waals surface area contributed by atoms with Gasteiger partial charge < -0.3 is 10.2 Å². The molecule has 26 heavy (non-hydrogen) atoms. The number of nitrogens with one attached hydrogen (secondary N) is 1. The van der Waals surface area contributed by atoms with Crippen molar-refractivity contribution in [1.82, 2.24) is 4.90 Å². The lowest BCUT2D eigenvalue weighted by atomic mass is 9.99. The number of halogens is 1. The van der Waals surface area contributed by atoms with Crippen LogP contribution in [0.4, 0.5) is 5.69 Å². The van der Waals surface area contributed by atoms with E-state index in [-0.39, 0.29) is 19.2 Å². The third-order valence-electron chi connectivity index (χ3n) is 4.90. The van der Waals surface area contributed by atoms with Gasteiger partial charge in [-0.2, -0.15) is 0 Å². The van der Waals surface area contributed by atoms with Crippen LogP contribution in [0.1, 0.15) is 42.6 Å². The number of carbonyl (C=O) groups is 2. The van der Waals surface area contributed by atoms with Gasteiger partial charge in [-0.05, 0) is 60.7 Å². The average Bonchev–Trinajstić information content (AvgIpc) is 3.01. The molecule has 1 fully saturated rings. The van der Waals surface area contributed by atoms with Crippen LogP contribution in [0.5, 0.6) is 0 Å². The Morgan fingerprint density at radius 1 is 1.04 bits per heavy atom. The summed E-state index contributed by atoms with van der Waals surface area (Å²) >= 11 is 6.39. The van der Waals surface area contributed by atoms with Crippen LogP contribution >= 0.6 is 11.6 Å². The second kappa shape index (κ2) is 7.50. The maximum atomic E-state index is 12.8. The van der Waals surface area contributed by atoms with Crippen molar-refractivity contribution in [3.05, 3.63) is 52.5 Å². The molecule has 0 bridgehead atoms. The zero-order valence-corrected chi connectivity index (χ0v) is 14.6. The van der Waals surface area contributed by atoms with Crippen molar-refractivity contribution in [2.24, 2.45) is 0 Å². The van der Waals surface area contributed by atoms with Gasteiger partial charge >= 0.3 is 0 Å². The smallest absolute Gasteiger partial charge is 0.253 e. The number of benzene rings is 2. The minimum absolute atomic E-state index is 0. The second-order valence-corrected chi connectivity index (χ2v) is 7.05. The average molecular weight is 371 g/mol. The highest BCUT2D eigenvalue weighted by molar-refractivity contribution is 6.33.